The Hall–Kier alpha value is -1.09. The predicted molar refractivity (Wildman–Crippen MR) is 60.1 cm³/mol. The van der Waals surface area contributed by atoms with Crippen molar-refractivity contribution in [2.24, 2.45) is 5.92 Å². The van der Waals surface area contributed by atoms with Crippen LogP contribution in [0.5, 0.6) is 5.88 Å². The van der Waals surface area contributed by atoms with E-state index in [-0.39, 0.29) is 0 Å². The van der Waals surface area contributed by atoms with Crippen LogP contribution in [0.15, 0.2) is 18.3 Å². The van der Waals surface area contributed by atoms with Gasteiger partial charge in [0.05, 0.1) is 13.2 Å². The highest BCUT2D eigenvalue weighted by atomic mass is 16.5. The highest BCUT2D eigenvalue weighted by Gasteiger charge is 2.07. The van der Waals surface area contributed by atoms with Crippen LogP contribution in [0.4, 0.5) is 0 Å². The third kappa shape index (κ3) is 4.30. The van der Waals surface area contributed by atoms with E-state index >= 15 is 0 Å². The number of methoxy groups -OCH3 is 1. The van der Waals surface area contributed by atoms with Crippen molar-refractivity contribution in [3.8, 4) is 5.88 Å². The zero-order chi connectivity index (χ0) is 11.1. The molecule has 0 saturated carbocycles. The lowest BCUT2D eigenvalue weighted by Gasteiger charge is -2.14. The standard InChI is InChI=1S/C12H19NO2/c1-4-11(8-14-3)9-15-12-7-10(2)5-6-13-12/h5-7,11H,4,8-9H2,1-3H3. The van der Waals surface area contributed by atoms with Crippen LogP contribution in [0, 0.1) is 12.8 Å². The van der Waals surface area contributed by atoms with Gasteiger partial charge in [-0.3, -0.25) is 0 Å². The maximum absolute atomic E-state index is 5.60. The smallest absolute Gasteiger partial charge is 0.213 e. The summed E-state index contributed by atoms with van der Waals surface area (Å²) in [7, 11) is 1.72. The number of pyridine rings is 1. The van der Waals surface area contributed by atoms with Gasteiger partial charge in [0.25, 0.3) is 0 Å². The SMILES string of the molecule is CCC(COC)COc1cc(C)ccn1. The average Bonchev–Trinajstić information content (AvgIpc) is 2.24. The van der Waals surface area contributed by atoms with Crippen molar-refractivity contribution in [2.75, 3.05) is 20.3 Å². The molecular formula is C12H19NO2. The molecule has 0 saturated heterocycles. The number of hydrogen-bond donors (Lipinski definition) is 0. The lowest BCUT2D eigenvalue weighted by Crippen LogP contribution is -2.16. The molecule has 0 aromatic carbocycles. The molecule has 0 radical (unpaired) electrons. The van der Waals surface area contributed by atoms with E-state index in [4.69, 9.17) is 9.47 Å². The fourth-order valence-electron chi connectivity index (χ4n) is 1.31. The Balaban J connectivity index is 2.41. The van der Waals surface area contributed by atoms with E-state index < -0.39 is 0 Å². The van der Waals surface area contributed by atoms with Gasteiger partial charge in [-0.05, 0) is 25.0 Å². The lowest BCUT2D eigenvalue weighted by atomic mass is 10.1. The average molecular weight is 209 g/mol. The Bertz CT molecular complexity index is 289. The molecule has 0 N–H and O–H groups in total. The zero-order valence-electron chi connectivity index (χ0n) is 9.69. The van der Waals surface area contributed by atoms with Gasteiger partial charge in [-0.2, -0.15) is 0 Å². The van der Waals surface area contributed by atoms with Crippen molar-refractivity contribution in [3.05, 3.63) is 23.9 Å². The Labute approximate surface area is 91.4 Å². The number of aromatic nitrogens is 1. The molecule has 15 heavy (non-hydrogen) atoms. The molecule has 1 heterocycles. The Kier molecular flexibility index (Phi) is 5.12. The maximum Gasteiger partial charge on any atom is 0.213 e. The largest absolute Gasteiger partial charge is 0.477 e. The van der Waals surface area contributed by atoms with E-state index in [2.05, 4.69) is 11.9 Å². The van der Waals surface area contributed by atoms with E-state index in [1.807, 2.05) is 19.1 Å². The summed E-state index contributed by atoms with van der Waals surface area (Å²) in [5.74, 6) is 1.14. The minimum atomic E-state index is 0.442. The number of ether oxygens (including phenoxy) is 2. The summed E-state index contributed by atoms with van der Waals surface area (Å²) in [5.41, 5.74) is 1.17. The van der Waals surface area contributed by atoms with Crippen LogP contribution in [-0.4, -0.2) is 25.3 Å². The van der Waals surface area contributed by atoms with Crippen LogP contribution in [-0.2, 0) is 4.74 Å². The molecule has 84 valence electrons. The second kappa shape index (κ2) is 6.40. The van der Waals surface area contributed by atoms with E-state index in [0.29, 0.717) is 18.4 Å². The molecule has 1 unspecified atom stereocenters. The summed E-state index contributed by atoms with van der Waals surface area (Å²) in [6.45, 7) is 5.57. The van der Waals surface area contributed by atoms with Crippen LogP contribution >= 0.6 is 0 Å². The van der Waals surface area contributed by atoms with Gasteiger partial charge in [0.2, 0.25) is 5.88 Å². The van der Waals surface area contributed by atoms with Crippen LogP contribution in [0.2, 0.25) is 0 Å². The predicted octanol–water partition coefficient (Wildman–Crippen LogP) is 2.44. The van der Waals surface area contributed by atoms with Gasteiger partial charge in [0, 0.05) is 25.3 Å². The molecule has 0 aliphatic heterocycles. The minimum absolute atomic E-state index is 0.442. The quantitative estimate of drug-likeness (QED) is 0.721. The summed E-state index contributed by atoms with van der Waals surface area (Å²) in [5, 5.41) is 0. The topological polar surface area (TPSA) is 31.4 Å². The molecule has 1 rings (SSSR count). The fourth-order valence-corrected chi connectivity index (χ4v) is 1.31. The van der Waals surface area contributed by atoms with Crippen molar-refractivity contribution in [2.45, 2.75) is 20.3 Å². The molecule has 0 fully saturated rings. The number of aryl methyl sites for hydroxylation is 1. The van der Waals surface area contributed by atoms with Gasteiger partial charge in [-0.15, -0.1) is 0 Å². The van der Waals surface area contributed by atoms with Gasteiger partial charge < -0.3 is 9.47 Å². The highest BCUT2D eigenvalue weighted by Crippen LogP contribution is 2.11. The summed E-state index contributed by atoms with van der Waals surface area (Å²) in [6.07, 6.45) is 2.82. The zero-order valence-corrected chi connectivity index (χ0v) is 9.69. The van der Waals surface area contributed by atoms with Crippen molar-refractivity contribution < 1.29 is 9.47 Å². The molecule has 1 aromatic heterocycles. The van der Waals surface area contributed by atoms with Crippen LogP contribution in [0.25, 0.3) is 0 Å². The Morgan fingerprint density at radius 1 is 1.40 bits per heavy atom. The lowest BCUT2D eigenvalue weighted by molar-refractivity contribution is 0.114. The second-order valence-corrected chi connectivity index (χ2v) is 3.71. The van der Waals surface area contributed by atoms with Gasteiger partial charge in [0.15, 0.2) is 0 Å². The summed E-state index contributed by atoms with van der Waals surface area (Å²) < 4.78 is 10.7. The minimum Gasteiger partial charge on any atom is -0.477 e. The molecule has 0 amide bonds. The Morgan fingerprint density at radius 2 is 2.20 bits per heavy atom. The molecule has 3 heteroatoms. The number of nitrogens with zero attached hydrogens (tertiary/aromatic N) is 1. The monoisotopic (exact) mass is 209 g/mol. The van der Waals surface area contributed by atoms with E-state index in [9.17, 15) is 0 Å². The first-order chi connectivity index (χ1) is 7.26. The molecule has 3 nitrogen and oxygen atoms in total. The maximum atomic E-state index is 5.60. The summed E-state index contributed by atoms with van der Waals surface area (Å²) in [4.78, 5) is 4.14. The van der Waals surface area contributed by atoms with E-state index in [0.717, 1.165) is 13.0 Å². The molecule has 0 bridgehead atoms. The molecule has 0 aliphatic carbocycles. The number of hydrogen-bond acceptors (Lipinski definition) is 3. The normalized spacial score (nSPS) is 12.5. The van der Waals surface area contributed by atoms with Crippen molar-refractivity contribution in [1.29, 1.82) is 0 Å². The highest BCUT2D eigenvalue weighted by molar-refractivity contribution is 5.18. The molecular weight excluding hydrogens is 190 g/mol. The summed E-state index contributed by atoms with van der Waals surface area (Å²) >= 11 is 0. The van der Waals surface area contributed by atoms with Gasteiger partial charge in [-0.1, -0.05) is 6.92 Å². The first kappa shape index (κ1) is 12.0. The third-order valence-electron chi connectivity index (χ3n) is 2.34. The third-order valence-corrected chi connectivity index (χ3v) is 2.34. The first-order valence-corrected chi connectivity index (χ1v) is 5.30. The van der Waals surface area contributed by atoms with Crippen LogP contribution in [0.1, 0.15) is 18.9 Å². The Morgan fingerprint density at radius 3 is 2.80 bits per heavy atom. The summed E-state index contributed by atoms with van der Waals surface area (Å²) in [6, 6.07) is 3.90. The van der Waals surface area contributed by atoms with Crippen LogP contribution in [0.3, 0.4) is 0 Å². The van der Waals surface area contributed by atoms with Gasteiger partial charge in [-0.25, -0.2) is 4.98 Å². The fraction of sp³-hybridized carbons (Fsp3) is 0.583. The molecule has 1 atom stereocenters. The van der Waals surface area contributed by atoms with Crippen molar-refractivity contribution in [1.82, 2.24) is 4.98 Å². The molecule has 0 aliphatic rings. The van der Waals surface area contributed by atoms with Gasteiger partial charge in [0.1, 0.15) is 0 Å². The van der Waals surface area contributed by atoms with Crippen LogP contribution < -0.4 is 4.74 Å². The van der Waals surface area contributed by atoms with E-state index in [1.165, 1.54) is 5.56 Å². The van der Waals surface area contributed by atoms with Crippen molar-refractivity contribution in [3.63, 3.8) is 0 Å². The first-order valence-electron chi connectivity index (χ1n) is 5.30. The van der Waals surface area contributed by atoms with E-state index in [1.54, 1.807) is 13.3 Å². The molecule has 0 spiro atoms. The number of rotatable bonds is 6. The second-order valence-electron chi connectivity index (χ2n) is 3.71. The van der Waals surface area contributed by atoms with Gasteiger partial charge >= 0.3 is 0 Å². The van der Waals surface area contributed by atoms with Crippen molar-refractivity contribution >= 4 is 0 Å². The molecule has 1 aromatic rings.